The normalized spacial score (nSPS) is 13.9. The second-order valence-electron chi connectivity index (χ2n) is 4.65. The van der Waals surface area contributed by atoms with E-state index >= 15 is 0 Å². The van der Waals surface area contributed by atoms with Gasteiger partial charge in [0.05, 0.1) is 26.4 Å². The van der Waals surface area contributed by atoms with Crippen molar-refractivity contribution in [2.75, 3.05) is 14.2 Å². The summed E-state index contributed by atoms with van der Waals surface area (Å²) in [5, 5.41) is 19.5. The molecule has 0 saturated carbocycles. The Morgan fingerprint density at radius 3 is 2.21 bits per heavy atom. The van der Waals surface area contributed by atoms with Gasteiger partial charge in [-0.05, 0) is 37.0 Å². The summed E-state index contributed by atoms with van der Waals surface area (Å²) in [7, 11) is 3.20. The van der Waals surface area contributed by atoms with Gasteiger partial charge >= 0.3 is 0 Å². The molecule has 4 heteroatoms. The lowest BCUT2D eigenvalue weighted by molar-refractivity contribution is 0.00980. The van der Waals surface area contributed by atoms with E-state index in [0.29, 0.717) is 30.8 Å². The number of ether oxygens (including phenoxy) is 2. The number of aliphatic hydroxyl groups excluding tert-OH is 2. The summed E-state index contributed by atoms with van der Waals surface area (Å²) in [5.74, 6) is 1.38. The van der Waals surface area contributed by atoms with Crippen molar-refractivity contribution in [3.8, 4) is 11.5 Å². The fourth-order valence-corrected chi connectivity index (χ4v) is 2.03. The van der Waals surface area contributed by atoms with E-state index in [4.69, 9.17) is 9.47 Å². The molecule has 0 aliphatic carbocycles. The Labute approximate surface area is 115 Å². The monoisotopic (exact) mass is 268 g/mol. The van der Waals surface area contributed by atoms with Crippen molar-refractivity contribution < 1.29 is 19.7 Å². The first-order chi connectivity index (χ1) is 9.12. The smallest absolute Gasteiger partial charge is 0.160 e. The fourth-order valence-electron chi connectivity index (χ4n) is 2.03. The third-order valence-corrected chi connectivity index (χ3v) is 3.21. The van der Waals surface area contributed by atoms with Crippen LogP contribution in [0.15, 0.2) is 18.2 Å². The van der Waals surface area contributed by atoms with Crippen molar-refractivity contribution in [1.82, 2.24) is 0 Å². The summed E-state index contributed by atoms with van der Waals surface area (Å²) in [5.41, 5.74) is 1.06. The van der Waals surface area contributed by atoms with E-state index in [9.17, 15) is 10.2 Å². The number of aryl methyl sites for hydroxylation is 1. The lowest BCUT2D eigenvalue weighted by Crippen LogP contribution is -2.26. The summed E-state index contributed by atoms with van der Waals surface area (Å²) < 4.78 is 10.4. The molecule has 0 aromatic heterocycles. The topological polar surface area (TPSA) is 58.9 Å². The lowest BCUT2D eigenvalue weighted by atomic mass is 10.0. The van der Waals surface area contributed by atoms with Crippen molar-refractivity contribution in [2.45, 2.75) is 44.8 Å². The molecule has 0 aliphatic heterocycles. The van der Waals surface area contributed by atoms with Crippen molar-refractivity contribution in [2.24, 2.45) is 0 Å². The molecule has 0 heterocycles. The van der Waals surface area contributed by atoms with Crippen LogP contribution < -0.4 is 9.47 Å². The summed E-state index contributed by atoms with van der Waals surface area (Å²) >= 11 is 0. The minimum Gasteiger partial charge on any atom is -0.493 e. The largest absolute Gasteiger partial charge is 0.493 e. The fraction of sp³-hybridized carbons (Fsp3) is 0.600. The molecule has 0 fully saturated rings. The summed E-state index contributed by atoms with van der Waals surface area (Å²) in [4.78, 5) is 0. The lowest BCUT2D eigenvalue weighted by Gasteiger charge is -2.17. The van der Waals surface area contributed by atoms with Crippen molar-refractivity contribution in [1.29, 1.82) is 0 Å². The van der Waals surface area contributed by atoms with E-state index in [0.717, 1.165) is 12.0 Å². The van der Waals surface area contributed by atoms with Crippen LogP contribution in [0.3, 0.4) is 0 Å². The van der Waals surface area contributed by atoms with Gasteiger partial charge in [0.15, 0.2) is 11.5 Å². The third-order valence-electron chi connectivity index (χ3n) is 3.21. The maximum Gasteiger partial charge on any atom is 0.160 e. The van der Waals surface area contributed by atoms with Crippen molar-refractivity contribution >= 4 is 0 Å². The summed E-state index contributed by atoms with van der Waals surface area (Å²) in [6, 6.07) is 5.70. The predicted octanol–water partition coefficient (Wildman–Crippen LogP) is 2.16. The number of hydrogen-bond donors (Lipinski definition) is 2. The highest BCUT2D eigenvalue weighted by molar-refractivity contribution is 5.42. The molecular formula is C15H24O4. The zero-order valence-electron chi connectivity index (χ0n) is 11.9. The molecule has 0 spiro atoms. The highest BCUT2D eigenvalue weighted by atomic mass is 16.5. The van der Waals surface area contributed by atoms with E-state index in [2.05, 4.69) is 0 Å². The maximum absolute atomic E-state index is 9.83. The van der Waals surface area contributed by atoms with E-state index in [1.807, 2.05) is 25.1 Å². The van der Waals surface area contributed by atoms with Crippen molar-refractivity contribution in [3.05, 3.63) is 23.8 Å². The Kier molecular flexibility index (Phi) is 6.67. The predicted molar refractivity (Wildman–Crippen MR) is 74.8 cm³/mol. The average Bonchev–Trinajstić information content (AvgIpc) is 2.44. The number of hydrogen-bond acceptors (Lipinski definition) is 4. The van der Waals surface area contributed by atoms with Crippen LogP contribution in [-0.4, -0.2) is 36.6 Å². The summed E-state index contributed by atoms with van der Waals surface area (Å²) in [6.45, 7) is 1.99. The molecular weight excluding hydrogens is 244 g/mol. The maximum atomic E-state index is 9.83. The van der Waals surface area contributed by atoms with Gasteiger partial charge in [0.2, 0.25) is 0 Å². The third kappa shape index (κ3) is 4.73. The molecule has 0 aliphatic rings. The van der Waals surface area contributed by atoms with Crippen molar-refractivity contribution in [3.63, 3.8) is 0 Å². The first kappa shape index (κ1) is 15.8. The van der Waals surface area contributed by atoms with Crippen LogP contribution >= 0.6 is 0 Å². The van der Waals surface area contributed by atoms with Gasteiger partial charge in [0.25, 0.3) is 0 Å². The van der Waals surface area contributed by atoms with Crippen LogP contribution in [0.5, 0.6) is 11.5 Å². The number of aliphatic hydroxyl groups is 2. The Balaban J connectivity index is 2.58. The molecule has 1 rings (SSSR count). The quantitative estimate of drug-likeness (QED) is 0.758. The molecule has 108 valence electrons. The second-order valence-corrected chi connectivity index (χ2v) is 4.65. The van der Waals surface area contributed by atoms with E-state index in [1.54, 1.807) is 14.2 Å². The van der Waals surface area contributed by atoms with Crippen LogP contribution in [0.2, 0.25) is 0 Å². The molecule has 4 nitrogen and oxygen atoms in total. The summed E-state index contributed by atoms with van der Waals surface area (Å²) in [6.07, 6.45) is 1.43. The van der Waals surface area contributed by atoms with Crippen LogP contribution in [0.25, 0.3) is 0 Å². The molecule has 0 saturated heterocycles. The second kappa shape index (κ2) is 8.02. The van der Waals surface area contributed by atoms with E-state index < -0.39 is 12.2 Å². The van der Waals surface area contributed by atoms with Crippen LogP contribution in [-0.2, 0) is 6.42 Å². The van der Waals surface area contributed by atoms with E-state index in [-0.39, 0.29) is 0 Å². The van der Waals surface area contributed by atoms with E-state index in [1.165, 1.54) is 0 Å². The Bertz CT molecular complexity index is 378. The molecule has 0 bridgehead atoms. The molecule has 19 heavy (non-hydrogen) atoms. The Morgan fingerprint density at radius 1 is 1.00 bits per heavy atom. The number of rotatable bonds is 8. The van der Waals surface area contributed by atoms with Gasteiger partial charge in [0, 0.05) is 0 Å². The zero-order valence-corrected chi connectivity index (χ0v) is 11.9. The van der Waals surface area contributed by atoms with Gasteiger partial charge in [-0.15, -0.1) is 0 Å². The minimum atomic E-state index is -0.673. The van der Waals surface area contributed by atoms with Gasteiger partial charge in [-0.25, -0.2) is 0 Å². The van der Waals surface area contributed by atoms with Gasteiger partial charge < -0.3 is 19.7 Å². The van der Waals surface area contributed by atoms with Gasteiger partial charge in [-0.1, -0.05) is 19.4 Å². The average molecular weight is 268 g/mol. The van der Waals surface area contributed by atoms with Crippen LogP contribution in [0.1, 0.15) is 31.7 Å². The van der Waals surface area contributed by atoms with Crippen LogP contribution in [0.4, 0.5) is 0 Å². The molecule has 2 atom stereocenters. The highest BCUT2D eigenvalue weighted by Gasteiger charge is 2.15. The zero-order chi connectivity index (χ0) is 14.3. The number of methoxy groups -OCH3 is 2. The molecule has 2 N–H and O–H groups in total. The molecule has 0 radical (unpaired) electrons. The highest BCUT2D eigenvalue weighted by Crippen LogP contribution is 2.28. The molecule has 1 aromatic rings. The first-order valence-electron chi connectivity index (χ1n) is 6.69. The van der Waals surface area contributed by atoms with Gasteiger partial charge in [-0.2, -0.15) is 0 Å². The van der Waals surface area contributed by atoms with Gasteiger partial charge in [0.1, 0.15) is 0 Å². The SMILES string of the molecule is CCCC(O)C(O)CCc1ccc(OC)c(OC)c1. The minimum absolute atomic E-state index is 0.538. The first-order valence-corrected chi connectivity index (χ1v) is 6.69. The Morgan fingerprint density at radius 2 is 1.63 bits per heavy atom. The molecule has 1 aromatic carbocycles. The molecule has 0 amide bonds. The van der Waals surface area contributed by atoms with Crippen LogP contribution in [0, 0.1) is 0 Å². The van der Waals surface area contributed by atoms with Gasteiger partial charge in [-0.3, -0.25) is 0 Å². The standard InChI is InChI=1S/C15H24O4/c1-4-5-12(16)13(17)8-6-11-7-9-14(18-2)15(10-11)19-3/h7,9-10,12-13,16-17H,4-6,8H2,1-3H3. The molecule has 2 unspecified atom stereocenters. The number of benzene rings is 1. The Hall–Kier alpha value is -1.26.